The Labute approximate surface area is 164 Å². The summed E-state index contributed by atoms with van der Waals surface area (Å²) in [5.41, 5.74) is -1.04. The zero-order chi connectivity index (χ0) is 21.1. The van der Waals surface area contributed by atoms with Crippen LogP contribution in [-0.2, 0) is 14.0 Å². The summed E-state index contributed by atoms with van der Waals surface area (Å²) in [5.74, 6) is 0. The Hall–Kier alpha value is -2.39. The third-order valence-corrected chi connectivity index (χ3v) is 5.10. The highest BCUT2D eigenvalue weighted by Crippen LogP contribution is 2.37. The highest BCUT2D eigenvalue weighted by atomic mass is 16.7. The number of hydrogen-bond acceptors (Lipinski definition) is 6. The van der Waals surface area contributed by atoms with E-state index < -0.39 is 34.9 Å². The van der Waals surface area contributed by atoms with E-state index in [1.54, 1.807) is 26.8 Å². The first-order valence-electron chi connectivity index (χ1n) is 9.11. The van der Waals surface area contributed by atoms with Crippen LogP contribution in [0.1, 0.15) is 48.5 Å². The largest absolute Gasteiger partial charge is 0.513 e. The molecular formula is C19H25BN2O6. The molecule has 0 bridgehead atoms. The maximum atomic E-state index is 13.0. The molecule has 2 heterocycles. The summed E-state index contributed by atoms with van der Waals surface area (Å²) in [5, 5.41) is 11.7. The maximum absolute atomic E-state index is 13.0. The van der Waals surface area contributed by atoms with Gasteiger partial charge in [-0.3, -0.25) is 14.7 Å². The summed E-state index contributed by atoms with van der Waals surface area (Å²) >= 11 is 0. The summed E-state index contributed by atoms with van der Waals surface area (Å²) in [4.78, 5) is 23.6. The lowest BCUT2D eigenvalue weighted by atomic mass is 9.84. The molecule has 0 saturated carbocycles. The van der Waals surface area contributed by atoms with Gasteiger partial charge in [0.15, 0.2) is 0 Å². The van der Waals surface area contributed by atoms with Crippen LogP contribution in [0.25, 0.3) is 10.9 Å². The molecule has 0 aliphatic carbocycles. The minimum Gasteiger partial charge on any atom is -0.443 e. The molecule has 0 unspecified atom stereocenters. The lowest BCUT2D eigenvalue weighted by molar-refractivity contribution is -0.384. The number of aromatic nitrogens is 1. The fourth-order valence-corrected chi connectivity index (χ4v) is 2.99. The summed E-state index contributed by atoms with van der Waals surface area (Å²) in [6, 6.07) is 5.99. The van der Waals surface area contributed by atoms with Gasteiger partial charge < -0.3 is 14.0 Å². The Bertz CT molecular complexity index is 941. The van der Waals surface area contributed by atoms with Gasteiger partial charge in [-0.2, -0.15) is 0 Å². The molecule has 1 aromatic carbocycles. The van der Waals surface area contributed by atoms with E-state index in [4.69, 9.17) is 14.0 Å². The molecule has 1 saturated heterocycles. The lowest BCUT2D eigenvalue weighted by Crippen LogP contribution is -2.43. The van der Waals surface area contributed by atoms with E-state index in [-0.39, 0.29) is 5.69 Å². The highest BCUT2D eigenvalue weighted by molar-refractivity contribution is 6.62. The van der Waals surface area contributed by atoms with E-state index in [0.29, 0.717) is 16.5 Å². The summed E-state index contributed by atoms with van der Waals surface area (Å²) in [6.07, 6.45) is -0.596. The zero-order valence-electron chi connectivity index (χ0n) is 17.2. The van der Waals surface area contributed by atoms with Gasteiger partial charge in [0.25, 0.3) is 5.69 Å². The van der Waals surface area contributed by atoms with Gasteiger partial charge in [-0.15, -0.1) is 0 Å². The molecule has 3 rings (SSSR count). The van der Waals surface area contributed by atoms with Crippen molar-refractivity contribution in [2.24, 2.45) is 0 Å². The van der Waals surface area contributed by atoms with Crippen LogP contribution in [0.5, 0.6) is 0 Å². The van der Waals surface area contributed by atoms with Crippen molar-refractivity contribution in [1.29, 1.82) is 0 Å². The van der Waals surface area contributed by atoms with E-state index in [9.17, 15) is 14.9 Å². The van der Waals surface area contributed by atoms with Gasteiger partial charge in [-0.25, -0.2) is 4.79 Å². The van der Waals surface area contributed by atoms with Crippen molar-refractivity contribution >= 4 is 35.4 Å². The average molecular weight is 388 g/mol. The quantitative estimate of drug-likeness (QED) is 0.443. The Kier molecular flexibility index (Phi) is 4.59. The smallest absolute Gasteiger partial charge is 0.443 e. The number of carbonyl (C=O) groups excluding carboxylic acids is 1. The van der Waals surface area contributed by atoms with Crippen molar-refractivity contribution < 1.29 is 23.8 Å². The fourth-order valence-electron chi connectivity index (χ4n) is 2.99. The van der Waals surface area contributed by atoms with Crippen molar-refractivity contribution in [3.63, 3.8) is 0 Å². The van der Waals surface area contributed by atoms with Gasteiger partial charge in [0, 0.05) is 17.5 Å². The first kappa shape index (κ1) is 20.4. The number of non-ortho nitro benzene ring substituents is 1. The number of nitrogens with zero attached hydrogens (tertiary/aromatic N) is 2. The number of nitro benzene ring substituents is 1. The first-order chi connectivity index (χ1) is 12.7. The second-order valence-electron chi connectivity index (χ2n) is 8.97. The Morgan fingerprint density at radius 2 is 1.71 bits per heavy atom. The Morgan fingerprint density at radius 1 is 1.14 bits per heavy atom. The predicted molar refractivity (Wildman–Crippen MR) is 106 cm³/mol. The molecule has 1 fully saturated rings. The van der Waals surface area contributed by atoms with Crippen LogP contribution >= 0.6 is 0 Å². The number of fused-ring (bicyclic) bond motifs is 1. The van der Waals surface area contributed by atoms with Crippen molar-refractivity contribution in [3.8, 4) is 0 Å². The van der Waals surface area contributed by atoms with Gasteiger partial charge in [0.2, 0.25) is 0 Å². The summed E-state index contributed by atoms with van der Waals surface area (Å²) in [6.45, 7) is 13.0. The van der Waals surface area contributed by atoms with Crippen LogP contribution in [0, 0.1) is 10.1 Å². The normalized spacial score (nSPS) is 18.5. The van der Waals surface area contributed by atoms with Crippen LogP contribution in [-0.4, -0.2) is 39.5 Å². The number of nitro groups is 1. The molecule has 2 aromatic rings. The second-order valence-corrected chi connectivity index (χ2v) is 8.97. The van der Waals surface area contributed by atoms with E-state index in [0.717, 1.165) is 0 Å². The minimum atomic E-state index is -0.816. The molecule has 0 spiro atoms. The standard InChI is InChI=1S/C19H25BN2O6/c1-17(2,3)26-16(23)21-14-9-8-13(22(24)25)10-12(14)11-15(21)20-27-18(4,5)19(6,7)28-20/h8-11H,1-7H3. The third-order valence-electron chi connectivity index (χ3n) is 5.10. The molecule has 0 radical (unpaired) electrons. The first-order valence-corrected chi connectivity index (χ1v) is 9.11. The molecule has 8 nitrogen and oxygen atoms in total. The van der Waals surface area contributed by atoms with Crippen molar-refractivity contribution in [1.82, 2.24) is 4.57 Å². The summed E-state index contributed by atoms with van der Waals surface area (Å²) < 4.78 is 19.1. The molecule has 1 aliphatic rings. The van der Waals surface area contributed by atoms with E-state index >= 15 is 0 Å². The monoisotopic (exact) mass is 388 g/mol. The number of hydrogen-bond donors (Lipinski definition) is 0. The molecule has 1 aliphatic heterocycles. The lowest BCUT2D eigenvalue weighted by Gasteiger charge is -2.32. The van der Waals surface area contributed by atoms with Crippen molar-refractivity contribution in [2.45, 2.75) is 65.3 Å². The molecule has 1 aromatic heterocycles. The number of benzene rings is 1. The zero-order valence-corrected chi connectivity index (χ0v) is 17.2. The van der Waals surface area contributed by atoms with Gasteiger partial charge in [-0.1, -0.05) is 0 Å². The Balaban J connectivity index is 2.16. The molecule has 0 N–H and O–H groups in total. The van der Waals surface area contributed by atoms with Crippen LogP contribution in [0.3, 0.4) is 0 Å². The highest BCUT2D eigenvalue weighted by Gasteiger charge is 2.53. The van der Waals surface area contributed by atoms with E-state index in [1.807, 2.05) is 27.7 Å². The Morgan fingerprint density at radius 3 is 2.21 bits per heavy atom. The van der Waals surface area contributed by atoms with Gasteiger partial charge in [0.05, 0.1) is 27.2 Å². The third kappa shape index (κ3) is 3.52. The molecule has 9 heteroatoms. The molecular weight excluding hydrogens is 363 g/mol. The van der Waals surface area contributed by atoms with Gasteiger partial charge in [-0.05, 0) is 60.6 Å². The number of rotatable bonds is 2. The molecule has 28 heavy (non-hydrogen) atoms. The second kappa shape index (κ2) is 6.32. The van der Waals surface area contributed by atoms with E-state index in [2.05, 4.69) is 0 Å². The van der Waals surface area contributed by atoms with Gasteiger partial charge in [0.1, 0.15) is 5.60 Å². The van der Waals surface area contributed by atoms with Crippen LogP contribution in [0.2, 0.25) is 0 Å². The van der Waals surface area contributed by atoms with Crippen LogP contribution in [0.15, 0.2) is 24.3 Å². The maximum Gasteiger partial charge on any atom is 0.513 e. The van der Waals surface area contributed by atoms with Crippen LogP contribution < -0.4 is 5.59 Å². The molecule has 150 valence electrons. The summed E-state index contributed by atoms with van der Waals surface area (Å²) in [7, 11) is -0.816. The van der Waals surface area contributed by atoms with Crippen LogP contribution in [0.4, 0.5) is 10.5 Å². The SMILES string of the molecule is CC(C)(C)OC(=O)n1c(B2OC(C)(C)C(C)(C)O2)cc2cc([N+](=O)[O-])ccc21. The van der Waals surface area contributed by atoms with Crippen molar-refractivity contribution in [2.75, 3.05) is 0 Å². The molecule has 0 atom stereocenters. The topological polar surface area (TPSA) is 92.8 Å². The molecule has 0 amide bonds. The predicted octanol–water partition coefficient (Wildman–Crippen LogP) is 3.63. The fraction of sp³-hybridized carbons (Fsp3) is 0.526. The average Bonchev–Trinajstić information content (AvgIpc) is 2.99. The number of ether oxygens (including phenoxy) is 1. The number of carbonyl (C=O) groups is 1. The minimum absolute atomic E-state index is 0.0608. The van der Waals surface area contributed by atoms with E-state index in [1.165, 1.54) is 22.8 Å². The van der Waals surface area contributed by atoms with Crippen molar-refractivity contribution in [3.05, 3.63) is 34.4 Å². The van der Waals surface area contributed by atoms with Gasteiger partial charge >= 0.3 is 13.2 Å².